The monoisotopic (exact) mass is 390 g/mol. The molecular weight excluding hydrogens is 363 g/mol. The van der Waals surface area contributed by atoms with Gasteiger partial charge in [0.1, 0.15) is 12.2 Å². The number of esters is 2. The van der Waals surface area contributed by atoms with Gasteiger partial charge in [-0.2, -0.15) is 0 Å². The molecule has 5 nitrogen and oxygen atoms in total. The number of halogens is 1. The number of Topliss-reactive ketones (excluding diaryl/α,β-unsaturated/α-hetero) is 1. The zero-order chi connectivity index (χ0) is 20.1. The highest BCUT2D eigenvalue weighted by molar-refractivity contribution is 5.89. The van der Waals surface area contributed by atoms with E-state index in [0.29, 0.717) is 24.8 Å². The predicted octanol–water partition coefficient (Wildman–Crippen LogP) is 4.04. The number of benzene rings is 1. The van der Waals surface area contributed by atoms with Gasteiger partial charge in [0.05, 0.1) is 12.0 Å². The van der Waals surface area contributed by atoms with Crippen LogP contribution in [-0.2, 0) is 19.1 Å². The van der Waals surface area contributed by atoms with Crippen LogP contribution in [0, 0.1) is 11.8 Å². The Labute approximate surface area is 164 Å². The van der Waals surface area contributed by atoms with Gasteiger partial charge >= 0.3 is 11.9 Å². The molecule has 3 rings (SSSR count). The van der Waals surface area contributed by atoms with Gasteiger partial charge in [-0.1, -0.05) is 38.0 Å². The quantitative estimate of drug-likeness (QED) is 0.595. The number of carbonyl (C=O) groups excluding carboxylic acids is 3. The van der Waals surface area contributed by atoms with Crippen LogP contribution in [-0.4, -0.2) is 36.1 Å². The van der Waals surface area contributed by atoms with Crippen LogP contribution in [0.3, 0.4) is 0 Å². The first-order valence-electron chi connectivity index (χ1n) is 10.1. The van der Waals surface area contributed by atoms with Crippen LogP contribution in [0.1, 0.15) is 62.2 Å². The van der Waals surface area contributed by atoms with Gasteiger partial charge in [0.15, 0.2) is 12.0 Å². The summed E-state index contributed by atoms with van der Waals surface area (Å²) in [7, 11) is 0. The number of alkyl halides is 1. The molecule has 1 saturated heterocycles. The largest absolute Gasteiger partial charge is 0.462 e. The molecule has 1 aromatic carbocycles. The summed E-state index contributed by atoms with van der Waals surface area (Å²) in [5, 5.41) is 0. The maximum atomic E-state index is 14.0. The lowest BCUT2D eigenvalue weighted by Crippen LogP contribution is -2.27. The van der Waals surface area contributed by atoms with Crippen LogP contribution in [0.15, 0.2) is 30.3 Å². The van der Waals surface area contributed by atoms with E-state index in [4.69, 9.17) is 9.47 Å². The number of ketones is 1. The molecular formula is C22H27FO5. The van der Waals surface area contributed by atoms with Gasteiger partial charge in [0.2, 0.25) is 0 Å². The summed E-state index contributed by atoms with van der Waals surface area (Å²) < 4.78 is 25.1. The SMILES string of the molecule is CCCCC(F)C(=O)CC[C@H]1C(OC(=O)c2ccccc2)CC2OC(=O)CC21. The minimum Gasteiger partial charge on any atom is -0.462 e. The number of hydrogen-bond donors (Lipinski definition) is 0. The van der Waals surface area contributed by atoms with Gasteiger partial charge in [-0.3, -0.25) is 9.59 Å². The average molecular weight is 390 g/mol. The van der Waals surface area contributed by atoms with Crippen molar-refractivity contribution in [2.75, 3.05) is 0 Å². The summed E-state index contributed by atoms with van der Waals surface area (Å²) in [4.78, 5) is 36.2. The van der Waals surface area contributed by atoms with Crippen LogP contribution >= 0.6 is 0 Å². The van der Waals surface area contributed by atoms with Gasteiger partial charge in [0.25, 0.3) is 0 Å². The van der Waals surface area contributed by atoms with Crippen LogP contribution in [0.5, 0.6) is 0 Å². The molecule has 1 aromatic rings. The van der Waals surface area contributed by atoms with E-state index in [1.807, 2.05) is 13.0 Å². The van der Waals surface area contributed by atoms with Crippen molar-refractivity contribution in [1.82, 2.24) is 0 Å². The lowest BCUT2D eigenvalue weighted by molar-refractivity contribution is -0.141. The van der Waals surface area contributed by atoms with E-state index >= 15 is 0 Å². The van der Waals surface area contributed by atoms with Crippen LogP contribution in [0.25, 0.3) is 0 Å². The number of rotatable bonds is 9. The minimum atomic E-state index is -1.44. The standard InChI is InChI=1S/C22H27FO5/c1-2-3-9-17(23)18(24)11-10-15-16-12-21(25)27-20(16)13-19(15)28-22(26)14-7-5-4-6-8-14/h4-8,15-17,19-20H,2-3,9-13H2,1H3/t15-,16?,17?,19?,20?/m1/s1. The summed E-state index contributed by atoms with van der Waals surface area (Å²) >= 11 is 0. The zero-order valence-corrected chi connectivity index (χ0v) is 16.1. The molecule has 1 aliphatic heterocycles. The van der Waals surface area contributed by atoms with E-state index in [1.165, 1.54) is 0 Å². The highest BCUT2D eigenvalue weighted by Gasteiger charge is 2.51. The summed E-state index contributed by atoms with van der Waals surface area (Å²) in [5.74, 6) is -1.35. The molecule has 4 unspecified atom stereocenters. The first kappa shape index (κ1) is 20.5. The second kappa shape index (κ2) is 9.30. The Hall–Kier alpha value is -2.24. The van der Waals surface area contributed by atoms with Crippen molar-refractivity contribution in [1.29, 1.82) is 0 Å². The highest BCUT2D eigenvalue weighted by Crippen LogP contribution is 2.45. The van der Waals surface area contributed by atoms with Crippen molar-refractivity contribution in [3.05, 3.63) is 35.9 Å². The molecule has 5 atom stereocenters. The van der Waals surface area contributed by atoms with E-state index < -0.39 is 24.0 Å². The fourth-order valence-electron chi connectivity index (χ4n) is 4.28. The van der Waals surface area contributed by atoms with E-state index in [2.05, 4.69) is 0 Å². The van der Waals surface area contributed by atoms with Gasteiger partial charge in [-0.05, 0) is 25.0 Å². The van der Waals surface area contributed by atoms with Crippen molar-refractivity contribution in [3.8, 4) is 0 Å². The molecule has 6 heteroatoms. The molecule has 2 aliphatic rings. The molecule has 0 N–H and O–H groups in total. The Bertz CT molecular complexity index is 704. The van der Waals surface area contributed by atoms with E-state index in [1.54, 1.807) is 24.3 Å². The Kier molecular flexibility index (Phi) is 6.81. The average Bonchev–Trinajstić information content (AvgIpc) is 3.20. The van der Waals surface area contributed by atoms with Gasteiger partial charge < -0.3 is 9.47 Å². The minimum absolute atomic E-state index is 0.0809. The Morgan fingerprint density at radius 2 is 2.04 bits per heavy atom. The predicted molar refractivity (Wildman–Crippen MR) is 100 cm³/mol. The third kappa shape index (κ3) is 4.78. The van der Waals surface area contributed by atoms with Crippen molar-refractivity contribution < 1.29 is 28.2 Å². The lowest BCUT2D eigenvalue weighted by Gasteiger charge is -2.23. The molecule has 0 spiro atoms. The molecule has 0 radical (unpaired) electrons. The van der Waals surface area contributed by atoms with Crippen LogP contribution in [0.2, 0.25) is 0 Å². The smallest absolute Gasteiger partial charge is 0.338 e. The Balaban J connectivity index is 1.63. The fraction of sp³-hybridized carbons (Fsp3) is 0.591. The maximum absolute atomic E-state index is 14.0. The van der Waals surface area contributed by atoms with Crippen LogP contribution < -0.4 is 0 Å². The number of hydrogen-bond acceptors (Lipinski definition) is 5. The third-order valence-corrected chi connectivity index (χ3v) is 5.81. The first-order chi connectivity index (χ1) is 13.5. The van der Waals surface area contributed by atoms with Gasteiger partial charge in [-0.15, -0.1) is 0 Å². The third-order valence-electron chi connectivity index (χ3n) is 5.81. The second-order valence-corrected chi connectivity index (χ2v) is 7.72. The number of fused-ring (bicyclic) bond motifs is 1. The number of unbranched alkanes of at least 4 members (excludes halogenated alkanes) is 1. The van der Waals surface area contributed by atoms with E-state index in [9.17, 15) is 18.8 Å². The molecule has 1 aliphatic carbocycles. The number of carbonyl (C=O) groups is 3. The van der Waals surface area contributed by atoms with Crippen LogP contribution in [0.4, 0.5) is 4.39 Å². The normalized spacial score (nSPS) is 27.1. The molecule has 28 heavy (non-hydrogen) atoms. The first-order valence-corrected chi connectivity index (χ1v) is 10.1. The molecule has 2 fully saturated rings. The van der Waals surface area contributed by atoms with Crippen molar-refractivity contribution in [3.63, 3.8) is 0 Å². The van der Waals surface area contributed by atoms with Crippen molar-refractivity contribution in [2.24, 2.45) is 11.8 Å². The topological polar surface area (TPSA) is 69.7 Å². The highest BCUT2D eigenvalue weighted by atomic mass is 19.1. The fourth-order valence-corrected chi connectivity index (χ4v) is 4.28. The zero-order valence-electron chi connectivity index (χ0n) is 16.1. The Morgan fingerprint density at radius 1 is 1.29 bits per heavy atom. The molecule has 1 heterocycles. The molecule has 0 bridgehead atoms. The molecule has 0 aromatic heterocycles. The van der Waals surface area contributed by atoms with Crippen molar-refractivity contribution >= 4 is 17.7 Å². The summed E-state index contributed by atoms with van der Waals surface area (Å²) in [5.41, 5.74) is 0.453. The molecule has 0 amide bonds. The van der Waals surface area contributed by atoms with E-state index in [-0.39, 0.29) is 43.2 Å². The lowest BCUT2D eigenvalue weighted by atomic mass is 9.87. The molecule has 152 valence electrons. The Morgan fingerprint density at radius 3 is 2.75 bits per heavy atom. The maximum Gasteiger partial charge on any atom is 0.338 e. The van der Waals surface area contributed by atoms with E-state index in [0.717, 1.165) is 6.42 Å². The number of ether oxygens (including phenoxy) is 2. The molecule has 1 saturated carbocycles. The summed E-state index contributed by atoms with van der Waals surface area (Å²) in [6, 6.07) is 8.69. The van der Waals surface area contributed by atoms with Gasteiger partial charge in [0, 0.05) is 24.7 Å². The second-order valence-electron chi connectivity index (χ2n) is 7.72. The summed E-state index contributed by atoms with van der Waals surface area (Å²) in [6.07, 6.45) is 0.796. The van der Waals surface area contributed by atoms with Gasteiger partial charge in [-0.25, -0.2) is 9.18 Å². The van der Waals surface area contributed by atoms with Crippen molar-refractivity contribution in [2.45, 2.75) is 70.2 Å². The summed E-state index contributed by atoms with van der Waals surface area (Å²) in [6.45, 7) is 1.96.